The van der Waals surface area contributed by atoms with Crippen molar-refractivity contribution in [3.63, 3.8) is 0 Å². The zero-order valence-corrected chi connectivity index (χ0v) is 17.1. The van der Waals surface area contributed by atoms with Crippen LogP contribution in [-0.4, -0.2) is 60.2 Å². The largest absolute Gasteiger partial charge is 0.486 e. The lowest BCUT2D eigenvalue weighted by atomic mass is 9.85. The third kappa shape index (κ3) is 4.44. The van der Waals surface area contributed by atoms with Gasteiger partial charge in [-0.25, -0.2) is 9.97 Å². The number of amides is 1. The van der Waals surface area contributed by atoms with E-state index in [1.807, 2.05) is 23.1 Å². The van der Waals surface area contributed by atoms with E-state index < -0.39 is 0 Å². The Bertz CT molecular complexity index is 835. The van der Waals surface area contributed by atoms with Crippen molar-refractivity contribution in [1.82, 2.24) is 14.9 Å². The quantitative estimate of drug-likeness (QED) is 0.774. The van der Waals surface area contributed by atoms with Crippen LogP contribution in [0.4, 0.5) is 5.95 Å². The van der Waals surface area contributed by atoms with Crippen molar-refractivity contribution in [3.05, 3.63) is 42.2 Å². The number of ether oxygens (including phenoxy) is 2. The molecule has 1 aromatic heterocycles. The van der Waals surface area contributed by atoms with Gasteiger partial charge in [0.1, 0.15) is 13.2 Å². The Morgan fingerprint density at radius 2 is 1.72 bits per heavy atom. The highest BCUT2D eigenvalue weighted by molar-refractivity contribution is 5.77. The van der Waals surface area contributed by atoms with Gasteiger partial charge in [0.15, 0.2) is 11.5 Å². The lowest BCUT2D eigenvalue weighted by molar-refractivity contribution is -0.132. The summed E-state index contributed by atoms with van der Waals surface area (Å²) in [5.41, 5.74) is 1.13. The van der Waals surface area contributed by atoms with Crippen molar-refractivity contribution < 1.29 is 14.3 Å². The first kappa shape index (κ1) is 19.5. The fraction of sp³-hybridized carbons (Fsp3) is 0.500. The minimum Gasteiger partial charge on any atom is -0.486 e. The zero-order chi connectivity index (χ0) is 20.2. The molecule has 0 radical (unpaired) electrons. The molecule has 4 rings (SSSR count). The Hall–Kier alpha value is -2.83. The molecule has 0 saturated carbocycles. The van der Waals surface area contributed by atoms with Crippen LogP contribution in [0, 0.1) is 5.92 Å². The maximum atomic E-state index is 13.0. The van der Waals surface area contributed by atoms with E-state index in [1.54, 1.807) is 12.4 Å². The van der Waals surface area contributed by atoms with E-state index in [-0.39, 0.29) is 11.8 Å². The molecule has 29 heavy (non-hydrogen) atoms. The number of rotatable bonds is 5. The standard InChI is InChI=1S/C22H28N4O3/c1-16(2)18(17-4-5-19-20(14-17)29-13-12-28-19)15-21(27)25-8-10-26(11-9-25)22-23-6-3-7-24-22/h3-7,14,16,18H,8-13,15H2,1-2H3. The average Bonchev–Trinajstić information content (AvgIpc) is 2.77. The maximum absolute atomic E-state index is 13.0. The second kappa shape index (κ2) is 8.68. The van der Waals surface area contributed by atoms with Gasteiger partial charge in [0.2, 0.25) is 11.9 Å². The second-order valence-electron chi connectivity index (χ2n) is 7.87. The van der Waals surface area contributed by atoms with Gasteiger partial charge in [-0.3, -0.25) is 4.79 Å². The first-order valence-corrected chi connectivity index (χ1v) is 10.3. The van der Waals surface area contributed by atoms with Gasteiger partial charge < -0.3 is 19.3 Å². The van der Waals surface area contributed by atoms with E-state index in [1.165, 1.54) is 0 Å². The summed E-state index contributed by atoms with van der Waals surface area (Å²) in [4.78, 5) is 25.7. The Morgan fingerprint density at radius 3 is 2.41 bits per heavy atom. The van der Waals surface area contributed by atoms with Crippen LogP contribution in [0.2, 0.25) is 0 Å². The van der Waals surface area contributed by atoms with Crippen LogP contribution < -0.4 is 14.4 Å². The highest BCUT2D eigenvalue weighted by Gasteiger charge is 2.27. The molecule has 1 fully saturated rings. The van der Waals surface area contributed by atoms with Gasteiger partial charge in [-0.2, -0.15) is 0 Å². The number of piperazine rings is 1. The van der Waals surface area contributed by atoms with Crippen molar-refractivity contribution in [3.8, 4) is 11.5 Å². The molecule has 1 aromatic carbocycles. The zero-order valence-electron chi connectivity index (χ0n) is 17.1. The Balaban J connectivity index is 1.39. The van der Waals surface area contributed by atoms with Gasteiger partial charge >= 0.3 is 0 Å². The van der Waals surface area contributed by atoms with E-state index in [2.05, 4.69) is 34.8 Å². The van der Waals surface area contributed by atoms with Crippen LogP contribution in [0.15, 0.2) is 36.7 Å². The highest BCUT2D eigenvalue weighted by atomic mass is 16.6. The van der Waals surface area contributed by atoms with Crippen molar-refractivity contribution in [2.45, 2.75) is 26.2 Å². The highest BCUT2D eigenvalue weighted by Crippen LogP contribution is 2.36. The molecule has 2 aliphatic rings. The molecule has 0 spiro atoms. The summed E-state index contributed by atoms with van der Waals surface area (Å²) in [6.07, 6.45) is 4.00. The summed E-state index contributed by atoms with van der Waals surface area (Å²) in [6, 6.07) is 7.88. The number of benzene rings is 1. The Kier molecular flexibility index (Phi) is 5.83. The predicted molar refractivity (Wildman–Crippen MR) is 110 cm³/mol. The number of fused-ring (bicyclic) bond motifs is 1. The summed E-state index contributed by atoms with van der Waals surface area (Å²) in [6.45, 7) is 8.39. The van der Waals surface area contributed by atoms with Crippen LogP contribution in [0.3, 0.4) is 0 Å². The molecule has 0 aliphatic carbocycles. The molecular weight excluding hydrogens is 368 g/mol. The van der Waals surface area contributed by atoms with Crippen LogP contribution in [-0.2, 0) is 4.79 Å². The molecule has 1 saturated heterocycles. The maximum Gasteiger partial charge on any atom is 0.225 e. The molecule has 0 N–H and O–H groups in total. The molecule has 7 heteroatoms. The van der Waals surface area contributed by atoms with Gasteiger partial charge in [0.25, 0.3) is 0 Å². The van der Waals surface area contributed by atoms with E-state index in [4.69, 9.17) is 9.47 Å². The summed E-state index contributed by atoms with van der Waals surface area (Å²) < 4.78 is 11.4. The number of nitrogens with zero attached hydrogens (tertiary/aromatic N) is 4. The lowest BCUT2D eigenvalue weighted by Crippen LogP contribution is -2.49. The third-order valence-corrected chi connectivity index (χ3v) is 5.66. The first-order valence-electron chi connectivity index (χ1n) is 10.3. The summed E-state index contributed by atoms with van der Waals surface area (Å²) >= 11 is 0. The van der Waals surface area contributed by atoms with Crippen LogP contribution >= 0.6 is 0 Å². The van der Waals surface area contributed by atoms with Crippen LogP contribution in [0.25, 0.3) is 0 Å². The molecule has 1 atom stereocenters. The third-order valence-electron chi connectivity index (χ3n) is 5.66. The number of hydrogen-bond acceptors (Lipinski definition) is 6. The van der Waals surface area contributed by atoms with Crippen molar-refractivity contribution in [2.75, 3.05) is 44.3 Å². The van der Waals surface area contributed by atoms with Gasteiger partial charge in [-0.05, 0) is 35.6 Å². The average molecular weight is 396 g/mol. The number of hydrogen-bond donors (Lipinski definition) is 0. The first-order chi connectivity index (χ1) is 14.1. The van der Waals surface area contributed by atoms with Crippen molar-refractivity contribution in [2.24, 2.45) is 5.92 Å². The van der Waals surface area contributed by atoms with Gasteiger partial charge in [0, 0.05) is 45.0 Å². The van der Waals surface area contributed by atoms with E-state index >= 15 is 0 Å². The van der Waals surface area contributed by atoms with Gasteiger partial charge in [-0.15, -0.1) is 0 Å². The van der Waals surface area contributed by atoms with Crippen LogP contribution in [0.5, 0.6) is 11.5 Å². The number of carbonyl (C=O) groups excluding carboxylic acids is 1. The fourth-order valence-corrected chi connectivity index (χ4v) is 3.96. The fourth-order valence-electron chi connectivity index (χ4n) is 3.96. The number of aromatic nitrogens is 2. The SMILES string of the molecule is CC(C)C(CC(=O)N1CCN(c2ncccn2)CC1)c1ccc2c(c1)OCCO2. The molecule has 3 heterocycles. The molecule has 1 unspecified atom stereocenters. The van der Waals surface area contributed by atoms with Gasteiger partial charge in [0.05, 0.1) is 0 Å². The topological polar surface area (TPSA) is 67.8 Å². The molecule has 2 aliphatic heterocycles. The van der Waals surface area contributed by atoms with Crippen molar-refractivity contribution in [1.29, 1.82) is 0 Å². The number of anilines is 1. The van der Waals surface area contributed by atoms with Gasteiger partial charge in [-0.1, -0.05) is 19.9 Å². The molecular formula is C22H28N4O3. The summed E-state index contributed by atoms with van der Waals surface area (Å²) in [5.74, 6) is 2.99. The minimum absolute atomic E-state index is 0.147. The molecule has 0 bridgehead atoms. The molecule has 154 valence electrons. The normalized spacial score (nSPS) is 17.3. The van der Waals surface area contributed by atoms with Crippen molar-refractivity contribution >= 4 is 11.9 Å². The lowest BCUT2D eigenvalue weighted by Gasteiger charge is -2.35. The number of carbonyl (C=O) groups is 1. The Labute approximate surface area is 171 Å². The summed E-state index contributed by atoms with van der Waals surface area (Å²) in [5, 5.41) is 0. The second-order valence-corrected chi connectivity index (χ2v) is 7.87. The van der Waals surface area contributed by atoms with Crippen LogP contribution in [0.1, 0.15) is 31.7 Å². The molecule has 7 nitrogen and oxygen atoms in total. The van der Waals surface area contributed by atoms with E-state index in [0.717, 1.165) is 36.1 Å². The molecule has 2 aromatic rings. The monoisotopic (exact) mass is 396 g/mol. The van der Waals surface area contributed by atoms with E-state index in [0.29, 0.717) is 38.6 Å². The smallest absolute Gasteiger partial charge is 0.225 e. The van der Waals surface area contributed by atoms with E-state index in [9.17, 15) is 4.79 Å². The Morgan fingerprint density at radius 1 is 1.03 bits per heavy atom. The molecule has 1 amide bonds. The summed E-state index contributed by atoms with van der Waals surface area (Å²) in [7, 11) is 0. The predicted octanol–water partition coefficient (Wildman–Crippen LogP) is 2.73. The minimum atomic E-state index is 0.147.